The van der Waals surface area contributed by atoms with E-state index in [1.54, 1.807) is 5.57 Å². The van der Waals surface area contributed by atoms with Crippen LogP contribution in [0.25, 0.3) is 0 Å². The van der Waals surface area contributed by atoms with Gasteiger partial charge in [-0.2, -0.15) is 0 Å². The van der Waals surface area contributed by atoms with E-state index in [1.165, 1.54) is 31.3 Å². The molecule has 1 aliphatic rings. The van der Waals surface area contributed by atoms with Crippen molar-refractivity contribution < 1.29 is 0 Å². The first-order valence-electron chi connectivity index (χ1n) is 5.61. The first-order chi connectivity index (χ1) is 6.27. The monoisotopic (exact) mass is 196 g/mol. The Morgan fingerprint density at radius 1 is 1.43 bits per heavy atom. The average molecular weight is 196 g/mol. The molecular formula is C14H28. The number of hydrogen-bond acceptors (Lipinski definition) is 0. The summed E-state index contributed by atoms with van der Waals surface area (Å²) < 4.78 is 0. The van der Waals surface area contributed by atoms with E-state index in [2.05, 4.69) is 26.5 Å². The second-order valence-electron chi connectivity index (χ2n) is 3.53. The standard InChI is InChI=1S/C11H18.C2H6.CH4/c1-4-10-7-6-9(3)8-11(10)5-2;1-2;/h5,9H,2,4,6-8H2,1,3H3;1-2H3;1H4. The minimum absolute atomic E-state index is 0. The zero-order valence-electron chi connectivity index (χ0n) is 9.69. The van der Waals surface area contributed by atoms with Gasteiger partial charge in [0.1, 0.15) is 0 Å². The Kier molecular flexibility index (Phi) is 10.3. The highest BCUT2D eigenvalue weighted by atomic mass is 14.2. The SMILES string of the molecule is C.C=CC1=C(CC)CCC(C)C1.CC. The number of rotatable bonds is 2. The van der Waals surface area contributed by atoms with Crippen molar-refractivity contribution >= 4 is 0 Å². The maximum absolute atomic E-state index is 3.86. The van der Waals surface area contributed by atoms with E-state index in [4.69, 9.17) is 0 Å². The van der Waals surface area contributed by atoms with Crippen LogP contribution in [-0.2, 0) is 0 Å². The molecule has 1 rings (SSSR count). The Labute approximate surface area is 91.1 Å². The highest BCUT2D eigenvalue weighted by Gasteiger charge is 2.13. The normalized spacial score (nSPS) is 20.4. The van der Waals surface area contributed by atoms with Gasteiger partial charge in [0.2, 0.25) is 0 Å². The molecule has 0 saturated heterocycles. The third-order valence-corrected chi connectivity index (χ3v) is 2.63. The fourth-order valence-electron chi connectivity index (χ4n) is 1.83. The van der Waals surface area contributed by atoms with Crippen molar-refractivity contribution in [3.05, 3.63) is 23.8 Å². The van der Waals surface area contributed by atoms with Gasteiger partial charge in [-0.1, -0.05) is 53.3 Å². The molecule has 0 N–H and O–H groups in total. The van der Waals surface area contributed by atoms with E-state index in [9.17, 15) is 0 Å². The fraction of sp³-hybridized carbons (Fsp3) is 0.714. The van der Waals surface area contributed by atoms with E-state index < -0.39 is 0 Å². The van der Waals surface area contributed by atoms with Gasteiger partial charge in [0.25, 0.3) is 0 Å². The Bertz CT molecular complexity index is 174. The van der Waals surface area contributed by atoms with Gasteiger partial charge in [0, 0.05) is 0 Å². The van der Waals surface area contributed by atoms with Crippen molar-refractivity contribution in [3.8, 4) is 0 Å². The Balaban J connectivity index is 0. The predicted molar refractivity (Wildman–Crippen MR) is 68.6 cm³/mol. The van der Waals surface area contributed by atoms with Gasteiger partial charge >= 0.3 is 0 Å². The van der Waals surface area contributed by atoms with Gasteiger partial charge < -0.3 is 0 Å². The largest absolute Gasteiger partial charge is 0.0988 e. The molecule has 1 atom stereocenters. The number of hydrogen-bond donors (Lipinski definition) is 0. The lowest BCUT2D eigenvalue weighted by Gasteiger charge is -2.22. The van der Waals surface area contributed by atoms with E-state index in [0.29, 0.717) is 0 Å². The van der Waals surface area contributed by atoms with Crippen LogP contribution in [0, 0.1) is 5.92 Å². The van der Waals surface area contributed by atoms with Crippen LogP contribution in [0.5, 0.6) is 0 Å². The van der Waals surface area contributed by atoms with Crippen LogP contribution in [-0.4, -0.2) is 0 Å². The lowest BCUT2D eigenvalue weighted by Crippen LogP contribution is -2.05. The maximum Gasteiger partial charge on any atom is -0.0254 e. The first-order valence-corrected chi connectivity index (χ1v) is 5.61. The summed E-state index contributed by atoms with van der Waals surface area (Å²) in [6.07, 6.45) is 7.20. The Hall–Kier alpha value is -0.520. The molecule has 0 aromatic heterocycles. The number of allylic oxidation sites excluding steroid dienone is 3. The molecule has 0 heteroatoms. The molecule has 0 bridgehead atoms. The maximum atomic E-state index is 3.86. The molecule has 1 aliphatic carbocycles. The van der Waals surface area contributed by atoms with Crippen LogP contribution in [0.4, 0.5) is 0 Å². The van der Waals surface area contributed by atoms with Crippen molar-refractivity contribution in [3.63, 3.8) is 0 Å². The van der Waals surface area contributed by atoms with Crippen molar-refractivity contribution in [1.29, 1.82) is 0 Å². The zero-order valence-corrected chi connectivity index (χ0v) is 9.69. The van der Waals surface area contributed by atoms with Gasteiger partial charge in [-0.05, 0) is 37.2 Å². The summed E-state index contributed by atoms with van der Waals surface area (Å²) in [6.45, 7) is 12.4. The lowest BCUT2D eigenvalue weighted by molar-refractivity contribution is 0.496. The van der Waals surface area contributed by atoms with Crippen LogP contribution in [0.15, 0.2) is 23.8 Å². The molecule has 0 spiro atoms. The topological polar surface area (TPSA) is 0 Å². The molecule has 14 heavy (non-hydrogen) atoms. The molecule has 0 aromatic rings. The van der Waals surface area contributed by atoms with Crippen molar-refractivity contribution in [2.75, 3.05) is 0 Å². The molecule has 0 aromatic carbocycles. The predicted octanol–water partition coefficient (Wildman–Crippen LogP) is 5.36. The van der Waals surface area contributed by atoms with Crippen LogP contribution in [0.2, 0.25) is 0 Å². The van der Waals surface area contributed by atoms with Crippen LogP contribution < -0.4 is 0 Å². The summed E-state index contributed by atoms with van der Waals surface area (Å²) in [7, 11) is 0. The van der Waals surface area contributed by atoms with Crippen molar-refractivity contribution in [1.82, 2.24) is 0 Å². The second kappa shape index (κ2) is 9.05. The third-order valence-electron chi connectivity index (χ3n) is 2.63. The zero-order chi connectivity index (χ0) is 10.3. The summed E-state index contributed by atoms with van der Waals surface area (Å²) in [5, 5.41) is 0. The van der Waals surface area contributed by atoms with Gasteiger partial charge in [-0.25, -0.2) is 0 Å². The van der Waals surface area contributed by atoms with Gasteiger partial charge in [-0.15, -0.1) is 0 Å². The van der Waals surface area contributed by atoms with Crippen molar-refractivity contribution in [2.45, 2.75) is 60.8 Å². The van der Waals surface area contributed by atoms with E-state index in [-0.39, 0.29) is 7.43 Å². The van der Waals surface area contributed by atoms with Crippen molar-refractivity contribution in [2.24, 2.45) is 5.92 Å². The minimum Gasteiger partial charge on any atom is -0.0988 e. The van der Waals surface area contributed by atoms with Gasteiger partial charge in [-0.3, -0.25) is 0 Å². The summed E-state index contributed by atoms with van der Waals surface area (Å²) in [6, 6.07) is 0. The van der Waals surface area contributed by atoms with E-state index in [1.807, 2.05) is 13.8 Å². The molecule has 0 nitrogen and oxygen atoms in total. The van der Waals surface area contributed by atoms with Crippen LogP contribution in [0.1, 0.15) is 60.8 Å². The quantitative estimate of drug-likeness (QED) is 0.557. The third kappa shape index (κ3) is 4.64. The molecule has 0 heterocycles. The van der Waals surface area contributed by atoms with E-state index >= 15 is 0 Å². The Morgan fingerprint density at radius 2 is 2.00 bits per heavy atom. The summed E-state index contributed by atoms with van der Waals surface area (Å²) in [4.78, 5) is 0. The molecule has 1 unspecified atom stereocenters. The minimum atomic E-state index is 0. The highest BCUT2D eigenvalue weighted by Crippen LogP contribution is 2.30. The molecular weight excluding hydrogens is 168 g/mol. The first kappa shape index (κ1) is 15.9. The Morgan fingerprint density at radius 3 is 2.43 bits per heavy atom. The van der Waals surface area contributed by atoms with Crippen LogP contribution in [0.3, 0.4) is 0 Å². The molecule has 0 aliphatic heterocycles. The molecule has 0 fully saturated rings. The molecule has 84 valence electrons. The lowest BCUT2D eigenvalue weighted by atomic mass is 9.84. The highest BCUT2D eigenvalue weighted by molar-refractivity contribution is 5.26. The molecule has 0 radical (unpaired) electrons. The fourth-order valence-corrected chi connectivity index (χ4v) is 1.83. The molecule has 0 amide bonds. The summed E-state index contributed by atoms with van der Waals surface area (Å²) in [5.74, 6) is 0.873. The average Bonchev–Trinajstić information content (AvgIpc) is 2.20. The molecule has 0 saturated carbocycles. The summed E-state index contributed by atoms with van der Waals surface area (Å²) in [5.41, 5.74) is 3.16. The second-order valence-corrected chi connectivity index (χ2v) is 3.53. The van der Waals surface area contributed by atoms with E-state index in [0.717, 1.165) is 5.92 Å². The van der Waals surface area contributed by atoms with Gasteiger partial charge in [0.15, 0.2) is 0 Å². The van der Waals surface area contributed by atoms with Gasteiger partial charge in [0.05, 0.1) is 0 Å². The van der Waals surface area contributed by atoms with Crippen LogP contribution >= 0.6 is 0 Å². The smallest absolute Gasteiger partial charge is 0.0254 e. The summed E-state index contributed by atoms with van der Waals surface area (Å²) >= 11 is 0.